The minimum absolute atomic E-state index is 0.168. The first kappa shape index (κ1) is 31.6. The van der Waals surface area contributed by atoms with Crippen molar-refractivity contribution < 1.29 is 17.9 Å². The average Bonchev–Trinajstić information content (AvgIpc) is 3.39. The minimum atomic E-state index is -3.63. The van der Waals surface area contributed by atoms with Crippen LogP contribution in [-0.2, 0) is 14.8 Å². The highest BCUT2D eigenvalue weighted by atomic mass is 32.2. The molecule has 1 amide bonds. The van der Waals surface area contributed by atoms with Gasteiger partial charge >= 0.3 is 0 Å². The lowest BCUT2D eigenvalue weighted by Crippen LogP contribution is -2.39. The number of carbonyl (C=O) groups excluding carboxylic acids is 1. The molecule has 8 nitrogen and oxygen atoms in total. The molecule has 41 heavy (non-hydrogen) atoms. The Labute approximate surface area is 249 Å². The Hall–Kier alpha value is -2.37. The molecule has 10 heteroatoms. The van der Waals surface area contributed by atoms with E-state index in [1.807, 2.05) is 0 Å². The maximum absolute atomic E-state index is 13.9. The van der Waals surface area contributed by atoms with E-state index in [9.17, 15) is 13.2 Å². The third kappa shape index (κ3) is 7.93. The third-order valence-corrected chi connectivity index (χ3v) is 10.6. The standard InChI is InChI=1S/C31H44N4O4S2/c1-5-7-15-34(16-8-6-2)41(37,38)27-12-10-26(11-13-27)30(36)35(17-9-14-33-18-20-39-21-19-33)31-32-28-23-24(3)22-25(4)29(28)40-31/h10-13,22-23H,5-9,14-21H2,1-4H3. The maximum atomic E-state index is 13.9. The van der Waals surface area contributed by atoms with Crippen molar-refractivity contribution in [2.75, 3.05) is 57.4 Å². The number of carbonyl (C=O) groups is 1. The number of nitrogens with zero attached hydrogens (tertiary/aromatic N) is 4. The Kier molecular flexibility index (Phi) is 11.3. The molecule has 0 N–H and O–H groups in total. The summed E-state index contributed by atoms with van der Waals surface area (Å²) in [4.78, 5) is 23.2. The number of fused-ring (bicyclic) bond motifs is 1. The van der Waals surface area contributed by atoms with Crippen LogP contribution in [0.15, 0.2) is 41.3 Å². The van der Waals surface area contributed by atoms with Crippen molar-refractivity contribution in [3.05, 3.63) is 53.1 Å². The van der Waals surface area contributed by atoms with Crippen LogP contribution in [0.2, 0.25) is 0 Å². The number of amides is 1. The topological polar surface area (TPSA) is 83.1 Å². The quantitative estimate of drug-likeness (QED) is 0.230. The average molecular weight is 601 g/mol. The summed E-state index contributed by atoms with van der Waals surface area (Å²) in [6, 6.07) is 10.6. The number of ether oxygens (including phenoxy) is 1. The number of sulfonamides is 1. The molecule has 1 aliphatic rings. The Morgan fingerprint density at radius 3 is 2.27 bits per heavy atom. The summed E-state index contributed by atoms with van der Waals surface area (Å²) in [5.41, 5.74) is 3.64. The predicted octanol–water partition coefficient (Wildman–Crippen LogP) is 5.87. The zero-order chi connectivity index (χ0) is 29.4. The molecular weight excluding hydrogens is 556 g/mol. The molecule has 1 saturated heterocycles. The summed E-state index contributed by atoms with van der Waals surface area (Å²) in [5.74, 6) is -0.168. The summed E-state index contributed by atoms with van der Waals surface area (Å²) in [5, 5.41) is 0.669. The number of aryl methyl sites for hydroxylation is 2. The first-order valence-electron chi connectivity index (χ1n) is 14.8. The van der Waals surface area contributed by atoms with Crippen molar-refractivity contribution in [1.29, 1.82) is 0 Å². The summed E-state index contributed by atoms with van der Waals surface area (Å²) in [6.07, 6.45) is 4.30. The largest absolute Gasteiger partial charge is 0.379 e. The van der Waals surface area contributed by atoms with E-state index in [1.54, 1.807) is 33.5 Å². The molecule has 0 unspecified atom stereocenters. The lowest BCUT2D eigenvalue weighted by molar-refractivity contribution is 0.0376. The van der Waals surface area contributed by atoms with E-state index in [0.29, 0.717) is 30.3 Å². The number of benzene rings is 2. The van der Waals surface area contributed by atoms with E-state index >= 15 is 0 Å². The number of anilines is 1. The van der Waals surface area contributed by atoms with Crippen LogP contribution in [-0.4, -0.2) is 81.0 Å². The fraction of sp³-hybridized carbons (Fsp3) is 0.548. The lowest BCUT2D eigenvalue weighted by atomic mass is 10.1. The maximum Gasteiger partial charge on any atom is 0.260 e. The van der Waals surface area contributed by atoms with Crippen molar-refractivity contribution >= 4 is 42.6 Å². The molecular formula is C31H44N4O4S2. The Bertz CT molecular complexity index is 1390. The zero-order valence-corrected chi connectivity index (χ0v) is 26.5. The molecule has 4 rings (SSSR count). The van der Waals surface area contributed by atoms with Gasteiger partial charge in [0, 0.05) is 44.8 Å². The van der Waals surface area contributed by atoms with Crippen molar-refractivity contribution in [2.24, 2.45) is 0 Å². The molecule has 224 valence electrons. The number of thiazole rings is 1. The summed E-state index contributed by atoms with van der Waals surface area (Å²) >= 11 is 1.53. The van der Waals surface area contributed by atoms with Crippen LogP contribution in [0.3, 0.4) is 0 Å². The van der Waals surface area contributed by atoms with Crippen molar-refractivity contribution in [3.63, 3.8) is 0 Å². The molecule has 1 aliphatic heterocycles. The molecule has 3 aromatic rings. The SMILES string of the molecule is CCCCN(CCCC)S(=O)(=O)c1ccc(C(=O)N(CCCN2CCOCC2)c2nc3cc(C)cc(C)c3s2)cc1. The van der Waals surface area contributed by atoms with Gasteiger partial charge in [0.25, 0.3) is 5.91 Å². The second-order valence-electron chi connectivity index (χ2n) is 10.8. The van der Waals surface area contributed by atoms with E-state index in [-0.39, 0.29) is 10.8 Å². The van der Waals surface area contributed by atoms with Crippen LogP contribution in [0.4, 0.5) is 5.13 Å². The summed E-state index contributed by atoms with van der Waals surface area (Å²) in [6.45, 7) is 13.9. The van der Waals surface area contributed by atoms with E-state index < -0.39 is 10.0 Å². The molecule has 0 aliphatic carbocycles. The fourth-order valence-corrected chi connectivity index (χ4v) is 7.69. The second-order valence-corrected chi connectivity index (χ2v) is 13.7. The Morgan fingerprint density at radius 1 is 0.976 bits per heavy atom. The van der Waals surface area contributed by atoms with Gasteiger partial charge in [-0.3, -0.25) is 14.6 Å². The predicted molar refractivity (Wildman–Crippen MR) is 168 cm³/mol. The first-order chi connectivity index (χ1) is 19.7. The Balaban J connectivity index is 1.58. The van der Waals surface area contributed by atoms with Gasteiger partial charge in [-0.1, -0.05) is 44.1 Å². The summed E-state index contributed by atoms with van der Waals surface area (Å²) in [7, 11) is -3.63. The molecule has 1 fully saturated rings. The van der Waals surface area contributed by atoms with Crippen molar-refractivity contribution in [3.8, 4) is 0 Å². The number of hydrogen-bond acceptors (Lipinski definition) is 7. The first-order valence-corrected chi connectivity index (χ1v) is 17.1. The molecule has 0 saturated carbocycles. The van der Waals surface area contributed by atoms with E-state index in [0.717, 1.165) is 86.3 Å². The van der Waals surface area contributed by atoms with E-state index in [1.165, 1.54) is 11.3 Å². The highest BCUT2D eigenvalue weighted by molar-refractivity contribution is 7.89. The number of morpholine rings is 1. The van der Waals surface area contributed by atoms with Gasteiger partial charge in [0.05, 0.1) is 28.3 Å². The van der Waals surface area contributed by atoms with Gasteiger partial charge in [0.2, 0.25) is 10.0 Å². The Morgan fingerprint density at radius 2 is 1.63 bits per heavy atom. The third-order valence-electron chi connectivity index (χ3n) is 7.51. The highest BCUT2D eigenvalue weighted by Gasteiger charge is 2.26. The molecule has 0 bridgehead atoms. The van der Waals surface area contributed by atoms with Crippen LogP contribution in [0.5, 0.6) is 0 Å². The molecule has 0 spiro atoms. The minimum Gasteiger partial charge on any atom is -0.379 e. The molecule has 2 aromatic carbocycles. The van der Waals surface area contributed by atoms with Gasteiger partial charge in [-0.15, -0.1) is 0 Å². The monoisotopic (exact) mass is 600 g/mol. The van der Waals surface area contributed by atoms with Crippen molar-refractivity contribution in [2.45, 2.75) is 64.7 Å². The second kappa shape index (κ2) is 14.7. The number of rotatable bonds is 14. The van der Waals surface area contributed by atoms with Crippen LogP contribution < -0.4 is 4.90 Å². The smallest absolute Gasteiger partial charge is 0.260 e. The van der Waals surface area contributed by atoms with Crippen molar-refractivity contribution in [1.82, 2.24) is 14.2 Å². The fourth-order valence-electron chi connectivity index (χ4n) is 5.14. The molecule has 0 atom stereocenters. The van der Waals surface area contributed by atoms with Gasteiger partial charge in [-0.05, 0) is 74.6 Å². The molecule has 0 radical (unpaired) electrons. The number of hydrogen-bond donors (Lipinski definition) is 0. The molecule has 2 heterocycles. The van der Waals surface area contributed by atoms with Gasteiger partial charge in [-0.2, -0.15) is 4.31 Å². The lowest BCUT2D eigenvalue weighted by Gasteiger charge is -2.27. The number of aromatic nitrogens is 1. The van der Waals surface area contributed by atoms with Gasteiger partial charge in [0.1, 0.15) is 0 Å². The van der Waals surface area contributed by atoms with Crippen LogP contribution in [0.1, 0.15) is 67.4 Å². The zero-order valence-electron chi connectivity index (χ0n) is 24.9. The van der Waals surface area contributed by atoms with Crippen LogP contribution in [0.25, 0.3) is 10.2 Å². The van der Waals surface area contributed by atoms with Gasteiger partial charge in [-0.25, -0.2) is 13.4 Å². The van der Waals surface area contributed by atoms with Gasteiger partial charge in [0.15, 0.2) is 5.13 Å². The molecule has 1 aromatic heterocycles. The van der Waals surface area contributed by atoms with Crippen LogP contribution in [0, 0.1) is 13.8 Å². The van der Waals surface area contributed by atoms with Gasteiger partial charge < -0.3 is 4.74 Å². The normalized spacial score (nSPS) is 14.7. The van der Waals surface area contributed by atoms with E-state index in [4.69, 9.17) is 9.72 Å². The highest BCUT2D eigenvalue weighted by Crippen LogP contribution is 2.33. The number of unbranched alkanes of at least 4 members (excludes halogenated alkanes) is 2. The van der Waals surface area contributed by atoms with Crippen LogP contribution >= 0.6 is 11.3 Å². The van der Waals surface area contributed by atoms with E-state index in [2.05, 4.69) is 44.7 Å². The summed E-state index contributed by atoms with van der Waals surface area (Å²) < 4.78 is 35.0.